The van der Waals surface area contributed by atoms with Crippen LogP contribution in [0.4, 0.5) is 0 Å². The van der Waals surface area contributed by atoms with Crippen LogP contribution in [0.15, 0.2) is 36.4 Å². The van der Waals surface area contributed by atoms with E-state index in [1.807, 2.05) is 61.9 Å². The molecule has 6 nitrogen and oxygen atoms in total. The summed E-state index contributed by atoms with van der Waals surface area (Å²) >= 11 is 0. The van der Waals surface area contributed by atoms with E-state index in [1.54, 1.807) is 0 Å². The van der Waals surface area contributed by atoms with Crippen LogP contribution in [-0.4, -0.2) is 32.7 Å². The standard InChI is InChI=1S/C21H29N2O4P/c1-17-6-4-8-20(16-17)27-14-5-7-18-9-10-19(23(18)3)11-12-21(2,22)13-15-28(24,25)26/h4,6,8-10,16H,11-15,22H2,1-3H3,(H2,24,25,26). The smallest absolute Gasteiger partial charge is 0.325 e. The molecule has 1 aromatic heterocycles. The van der Waals surface area contributed by atoms with Gasteiger partial charge in [0, 0.05) is 18.3 Å². The van der Waals surface area contributed by atoms with Crippen molar-refractivity contribution in [1.29, 1.82) is 0 Å². The first-order chi connectivity index (χ1) is 13.1. The molecule has 2 rings (SSSR count). The molecule has 1 unspecified atom stereocenters. The van der Waals surface area contributed by atoms with Crippen LogP contribution in [0.2, 0.25) is 0 Å². The fourth-order valence-electron chi connectivity index (χ4n) is 2.82. The molecule has 2 aromatic rings. The molecule has 0 aliphatic carbocycles. The lowest BCUT2D eigenvalue weighted by atomic mass is 9.93. The van der Waals surface area contributed by atoms with Gasteiger partial charge in [0.1, 0.15) is 12.4 Å². The molecular weight excluding hydrogens is 375 g/mol. The second-order valence-electron chi connectivity index (χ2n) is 7.47. The van der Waals surface area contributed by atoms with E-state index in [-0.39, 0.29) is 12.6 Å². The van der Waals surface area contributed by atoms with E-state index in [1.165, 1.54) is 0 Å². The maximum Gasteiger partial charge on any atom is 0.325 e. The normalized spacial score (nSPS) is 13.5. The molecule has 1 aromatic carbocycles. The van der Waals surface area contributed by atoms with Crippen molar-refractivity contribution in [2.75, 3.05) is 12.8 Å². The van der Waals surface area contributed by atoms with E-state index in [2.05, 4.69) is 11.8 Å². The molecule has 0 amide bonds. The second kappa shape index (κ2) is 9.45. The van der Waals surface area contributed by atoms with Gasteiger partial charge < -0.3 is 24.8 Å². The van der Waals surface area contributed by atoms with Crippen molar-refractivity contribution in [2.24, 2.45) is 12.8 Å². The number of benzene rings is 1. The van der Waals surface area contributed by atoms with Crippen LogP contribution < -0.4 is 10.5 Å². The van der Waals surface area contributed by atoms with Gasteiger partial charge in [-0.2, -0.15) is 0 Å². The fourth-order valence-corrected chi connectivity index (χ4v) is 3.62. The Balaban J connectivity index is 1.89. The molecule has 1 heterocycles. The van der Waals surface area contributed by atoms with Crippen molar-refractivity contribution in [3.8, 4) is 17.6 Å². The van der Waals surface area contributed by atoms with Crippen LogP contribution in [0, 0.1) is 18.8 Å². The summed E-state index contributed by atoms with van der Waals surface area (Å²) in [6.45, 7) is 4.16. The summed E-state index contributed by atoms with van der Waals surface area (Å²) in [5, 5.41) is 0. The van der Waals surface area contributed by atoms with E-state index < -0.39 is 13.1 Å². The largest absolute Gasteiger partial charge is 0.481 e. The minimum Gasteiger partial charge on any atom is -0.481 e. The highest BCUT2D eigenvalue weighted by Crippen LogP contribution is 2.37. The number of nitrogens with zero attached hydrogens (tertiary/aromatic N) is 1. The summed E-state index contributed by atoms with van der Waals surface area (Å²) in [4.78, 5) is 18.1. The van der Waals surface area contributed by atoms with E-state index in [9.17, 15) is 4.57 Å². The molecule has 0 spiro atoms. The Morgan fingerprint density at radius 2 is 2.00 bits per heavy atom. The summed E-state index contributed by atoms with van der Waals surface area (Å²) in [6.07, 6.45) is 1.44. The second-order valence-corrected chi connectivity index (χ2v) is 9.24. The highest BCUT2D eigenvalue weighted by Gasteiger charge is 2.24. The van der Waals surface area contributed by atoms with Gasteiger partial charge in [0.15, 0.2) is 0 Å². The average molecular weight is 404 g/mol. The van der Waals surface area contributed by atoms with Crippen molar-refractivity contribution in [2.45, 2.75) is 38.6 Å². The van der Waals surface area contributed by atoms with Gasteiger partial charge >= 0.3 is 7.60 Å². The summed E-state index contributed by atoms with van der Waals surface area (Å²) in [5.41, 5.74) is 8.68. The highest BCUT2D eigenvalue weighted by molar-refractivity contribution is 7.51. The Hall–Kier alpha value is -2.03. The molecule has 0 aliphatic rings. The van der Waals surface area contributed by atoms with Crippen molar-refractivity contribution in [3.63, 3.8) is 0 Å². The molecule has 152 valence electrons. The molecular formula is C21H29N2O4P. The van der Waals surface area contributed by atoms with E-state index >= 15 is 0 Å². The number of nitrogens with two attached hydrogens (primary N) is 1. The Kier molecular flexibility index (Phi) is 7.51. The average Bonchev–Trinajstić information content (AvgIpc) is 2.95. The van der Waals surface area contributed by atoms with E-state index in [4.69, 9.17) is 20.3 Å². The van der Waals surface area contributed by atoms with Crippen molar-refractivity contribution in [1.82, 2.24) is 4.57 Å². The van der Waals surface area contributed by atoms with Gasteiger partial charge in [0.05, 0.1) is 11.9 Å². The summed E-state index contributed by atoms with van der Waals surface area (Å²) < 4.78 is 18.7. The number of aromatic nitrogens is 1. The molecule has 0 fully saturated rings. The summed E-state index contributed by atoms with van der Waals surface area (Å²) in [5.74, 6) is 6.95. The highest BCUT2D eigenvalue weighted by atomic mass is 31.2. The maximum absolute atomic E-state index is 11.1. The number of rotatable bonds is 8. The lowest BCUT2D eigenvalue weighted by molar-refractivity contribution is 0.353. The van der Waals surface area contributed by atoms with Gasteiger partial charge in [-0.1, -0.05) is 18.1 Å². The lowest BCUT2D eigenvalue weighted by Crippen LogP contribution is -2.37. The molecule has 28 heavy (non-hydrogen) atoms. The molecule has 0 saturated carbocycles. The predicted octanol–water partition coefficient (Wildman–Crippen LogP) is 2.98. The number of ether oxygens (including phenoxy) is 1. The molecule has 0 saturated heterocycles. The van der Waals surface area contributed by atoms with Gasteiger partial charge in [-0.25, -0.2) is 0 Å². The van der Waals surface area contributed by atoms with Gasteiger partial charge in [-0.15, -0.1) is 0 Å². The van der Waals surface area contributed by atoms with E-state index in [0.29, 0.717) is 19.4 Å². The van der Waals surface area contributed by atoms with E-state index in [0.717, 1.165) is 22.7 Å². The number of hydrogen-bond donors (Lipinski definition) is 3. The summed E-state index contributed by atoms with van der Waals surface area (Å²) in [7, 11) is -2.07. The van der Waals surface area contributed by atoms with Crippen LogP contribution in [0.25, 0.3) is 0 Å². The minimum absolute atomic E-state index is 0.190. The molecule has 4 N–H and O–H groups in total. The molecule has 0 radical (unpaired) electrons. The zero-order valence-electron chi connectivity index (χ0n) is 16.7. The predicted molar refractivity (Wildman–Crippen MR) is 111 cm³/mol. The Bertz CT molecular complexity index is 903. The quantitative estimate of drug-likeness (QED) is 0.464. The van der Waals surface area contributed by atoms with Crippen LogP contribution in [0.3, 0.4) is 0 Å². The number of aryl methyl sites for hydroxylation is 2. The lowest BCUT2D eigenvalue weighted by Gasteiger charge is -2.25. The maximum atomic E-state index is 11.1. The van der Waals surface area contributed by atoms with Crippen LogP contribution in [-0.2, 0) is 18.0 Å². The zero-order chi connectivity index (χ0) is 20.8. The third-order valence-corrected chi connectivity index (χ3v) is 5.48. The van der Waals surface area contributed by atoms with Crippen molar-refractivity contribution >= 4 is 7.60 Å². The minimum atomic E-state index is -4.02. The Morgan fingerprint density at radius 3 is 2.68 bits per heavy atom. The molecule has 7 heteroatoms. The third kappa shape index (κ3) is 7.53. The van der Waals surface area contributed by atoms with Gasteiger partial charge in [-0.05, 0) is 68.9 Å². The van der Waals surface area contributed by atoms with Crippen molar-refractivity contribution in [3.05, 3.63) is 53.3 Å². The zero-order valence-corrected chi connectivity index (χ0v) is 17.6. The van der Waals surface area contributed by atoms with Gasteiger partial charge in [0.2, 0.25) is 0 Å². The van der Waals surface area contributed by atoms with Crippen LogP contribution >= 0.6 is 7.60 Å². The van der Waals surface area contributed by atoms with Crippen molar-refractivity contribution < 1.29 is 19.1 Å². The first-order valence-electron chi connectivity index (χ1n) is 9.22. The fraction of sp³-hybridized carbons (Fsp3) is 0.429. The monoisotopic (exact) mass is 404 g/mol. The molecule has 0 bridgehead atoms. The van der Waals surface area contributed by atoms with Crippen LogP contribution in [0.1, 0.15) is 36.7 Å². The first kappa shape index (κ1) is 22.3. The van der Waals surface area contributed by atoms with Gasteiger partial charge in [-0.3, -0.25) is 4.57 Å². The number of hydrogen-bond acceptors (Lipinski definition) is 3. The molecule has 1 atom stereocenters. The SMILES string of the molecule is Cc1cccc(OCC#Cc2ccc(CCC(C)(N)CCP(=O)(O)O)n2C)c1. The first-order valence-corrected chi connectivity index (χ1v) is 11.0. The van der Waals surface area contributed by atoms with Crippen LogP contribution in [0.5, 0.6) is 5.75 Å². The van der Waals surface area contributed by atoms with Gasteiger partial charge in [0.25, 0.3) is 0 Å². The third-order valence-electron chi connectivity index (χ3n) is 4.67. The topological polar surface area (TPSA) is 97.7 Å². The Morgan fingerprint density at radius 1 is 1.25 bits per heavy atom. The Labute approximate surface area is 166 Å². The summed E-state index contributed by atoms with van der Waals surface area (Å²) in [6, 6.07) is 11.8. The molecule has 0 aliphatic heterocycles.